The van der Waals surface area contributed by atoms with E-state index in [9.17, 15) is 0 Å². The van der Waals surface area contributed by atoms with Gasteiger partial charge >= 0.3 is 0 Å². The molecule has 0 bridgehead atoms. The summed E-state index contributed by atoms with van der Waals surface area (Å²) in [6.07, 6.45) is 1.93. The molecule has 0 amide bonds. The molecule has 0 aliphatic heterocycles. The molecule has 1 aromatic rings. The van der Waals surface area contributed by atoms with Crippen LogP contribution in [0.25, 0.3) is 0 Å². The van der Waals surface area contributed by atoms with E-state index in [1.54, 1.807) is 14.2 Å². The third kappa shape index (κ3) is 1.95. The first kappa shape index (κ1) is 13.2. The normalized spacial score (nSPS) is 18.3. The maximum Gasteiger partial charge on any atom is 0.127 e. The van der Waals surface area contributed by atoms with Crippen LogP contribution >= 0.6 is 0 Å². The molecule has 1 saturated carbocycles. The van der Waals surface area contributed by atoms with Gasteiger partial charge in [0.05, 0.1) is 20.3 Å². The van der Waals surface area contributed by atoms with E-state index in [1.165, 1.54) is 0 Å². The van der Waals surface area contributed by atoms with Crippen LogP contribution in [-0.4, -0.2) is 19.8 Å². The predicted molar refractivity (Wildman–Crippen MR) is 72.1 cm³/mol. The minimum atomic E-state index is -0.278. The van der Waals surface area contributed by atoms with Gasteiger partial charge in [0.2, 0.25) is 0 Å². The molecule has 1 aromatic carbocycles. The number of hydrogen-bond donors (Lipinski definition) is 2. The van der Waals surface area contributed by atoms with Crippen molar-refractivity contribution >= 4 is 0 Å². The molecule has 1 aliphatic carbocycles. The minimum Gasteiger partial charge on any atom is -0.496 e. The molecule has 2 rings (SSSR count). The maximum atomic E-state index is 6.29. The highest BCUT2D eigenvalue weighted by Crippen LogP contribution is 2.46. The summed E-state index contributed by atoms with van der Waals surface area (Å²) in [5.74, 6) is 1.67. The number of hydrogen-bond acceptors (Lipinski definition) is 4. The van der Waals surface area contributed by atoms with Crippen LogP contribution in [0.5, 0.6) is 11.5 Å². The summed E-state index contributed by atoms with van der Waals surface area (Å²) in [5.41, 5.74) is 15.3. The van der Waals surface area contributed by atoms with Gasteiger partial charge in [-0.3, -0.25) is 0 Å². The number of benzene rings is 1. The van der Waals surface area contributed by atoms with Gasteiger partial charge in [-0.2, -0.15) is 0 Å². The lowest BCUT2D eigenvalue weighted by molar-refractivity contribution is 0.384. The number of rotatable bonds is 4. The van der Waals surface area contributed by atoms with Crippen molar-refractivity contribution in [3.8, 4) is 11.5 Å². The largest absolute Gasteiger partial charge is 0.496 e. The molecule has 0 spiro atoms. The monoisotopic (exact) mass is 250 g/mol. The molecule has 4 heteroatoms. The zero-order chi connectivity index (χ0) is 13.5. The summed E-state index contributed by atoms with van der Waals surface area (Å²) in [5, 5.41) is 0. The highest BCUT2D eigenvalue weighted by Gasteiger charge is 2.46. The molecule has 1 fully saturated rings. The minimum absolute atomic E-state index is 0.208. The number of ether oxygens (including phenoxy) is 2. The molecule has 1 aliphatic rings. The zero-order valence-corrected chi connectivity index (χ0v) is 11.5. The Morgan fingerprint density at radius 2 is 1.78 bits per heavy atom. The van der Waals surface area contributed by atoms with Crippen LogP contribution in [-0.2, 0) is 0 Å². The van der Waals surface area contributed by atoms with Crippen LogP contribution in [0.3, 0.4) is 0 Å². The molecule has 0 radical (unpaired) electrons. The Hall–Kier alpha value is -1.26. The second-order valence-electron chi connectivity index (χ2n) is 5.16. The predicted octanol–water partition coefficient (Wildman–Crippen LogP) is 1.81. The van der Waals surface area contributed by atoms with E-state index in [2.05, 4.69) is 0 Å². The summed E-state index contributed by atoms with van der Waals surface area (Å²) in [6.45, 7) is 4.03. The summed E-state index contributed by atoms with van der Waals surface area (Å²) in [7, 11) is 3.33. The van der Waals surface area contributed by atoms with E-state index < -0.39 is 0 Å². The maximum absolute atomic E-state index is 6.29. The van der Waals surface area contributed by atoms with Crippen molar-refractivity contribution in [2.45, 2.75) is 38.3 Å². The van der Waals surface area contributed by atoms with Gasteiger partial charge in [0.25, 0.3) is 0 Å². The molecular weight excluding hydrogens is 228 g/mol. The Bertz CT molecular complexity index is 467. The molecule has 100 valence electrons. The zero-order valence-electron chi connectivity index (χ0n) is 11.5. The summed E-state index contributed by atoms with van der Waals surface area (Å²) in [6, 6.07) is 1.75. The third-order valence-corrected chi connectivity index (χ3v) is 4.03. The van der Waals surface area contributed by atoms with Crippen LogP contribution in [0.2, 0.25) is 0 Å². The lowest BCUT2D eigenvalue weighted by atomic mass is 9.93. The highest BCUT2D eigenvalue weighted by atomic mass is 16.5. The smallest absolute Gasteiger partial charge is 0.127 e. The second-order valence-corrected chi connectivity index (χ2v) is 5.16. The molecule has 4 nitrogen and oxygen atoms in total. The molecule has 0 saturated heterocycles. The van der Waals surface area contributed by atoms with Gasteiger partial charge in [-0.15, -0.1) is 0 Å². The van der Waals surface area contributed by atoms with E-state index in [0.717, 1.165) is 41.0 Å². The van der Waals surface area contributed by atoms with Crippen LogP contribution in [0.4, 0.5) is 0 Å². The Kier molecular flexibility index (Phi) is 3.25. The van der Waals surface area contributed by atoms with E-state index in [4.69, 9.17) is 20.9 Å². The summed E-state index contributed by atoms with van der Waals surface area (Å²) < 4.78 is 10.9. The molecule has 4 N–H and O–H groups in total. The Morgan fingerprint density at radius 3 is 2.22 bits per heavy atom. The Labute approximate surface area is 108 Å². The van der Waals surface area contributed by atoms with Crippen molar-refractivity contribution in [3.63, 3.8) is 0 Å². The first-order valence-electron chi connectivity index (χ1n) is 6.21. The average molecular weight is 250 g/mol. The van der Waals surface area contributed by atoms with Gasteiger partial charge in [0.1, 0.15) is 11.5 Å². The Morgan fingerprint density at radius 1 is 1.17 bits per heavy atom. The number of methoxy groups -OCH3 is 2. The molecule has 0 heterocycles. The topological polar surface area (TPSA) is 70.5 Å². The van der Waals surface area contributed by atoms with Crippen molar-refractivity contribution in [1.82, 2.24) is 0 Å². The second kappa shape index (κ2) is 4.44. The quantitative estimate of drug-likeness (QED) is 0.855. The van der Waals surface area contributed by atoms with Crippen molar-refractivity contribution in [3.05, 3.63) is 22.8 Å². The highest BCUT2D eigenvalue weighted by molar-refractivity contribution is 5.54. The van der Waals surface area contributed by atoms with Crippen LogP contribution in [0.1, 0.15) is 35.6 Å². The average Bonchev–Trinajstić information content (AvgIpc) is 3.11. The van der Waals surface area contributed by atoms with Gasteiger partial charge in [0, 0.05) is 11.1 Å². The fraction of sp³-hybridized carbons (Fsp3) is 0.571. The van der Waals surface area contributed by atoms with Gasteiger partial charge in [-0.25, -0.2) is 0 Å². The standard InChI is InChI=1S/C14H22N2O2/c1-8-9(2)12(18-4)10(7-11(8)17-3)13(15)14(16)5-6-14/h7,13H,5-6,15-16H2,1-4H3. The summed E-state index contributed by atoms with van der Waals surface area (Å²) in [4.78, 5) is 0. The van der Waals surface area contributed by atoms with E-state index >= 15 is 0 Å². The first-order chi connectivity index (χ1) is 8.44. The van der Waals surface area contributed by atoms with Crippen LogP contribution in [0.15, 0.2) is 6.07 Å². The lowest BCUT2D eigenvalue weighted by Crippen LogP contribution is -2.36. The van der Waals surface area contributed by atoms with Crippen molar-refractivity contribution in [2.75, 3.05) is 14.2 Å². The molecule has 1 unspecified atom stereocenters. The van der Waals surface area contributed by atoms with Crippen LogP contribution < -0.4 is 20.9 Å². The van der Waals surface area contributed by atoms with Crippen LogP contribution in [0, 0.1) is 13.8 Å². The van der Waals surface area contributed by atoms with Crippen molar-refractivity contribution in [2.24, 2.45) is 11.5 Å². The van der Waals surface area contributed by atoms with Gasteiger partial charge in [-0.05, 0) is 43.9 Å². The Balaban J connectivity index is 2.54. The summed E-state index contributed by atoms with van der Waals surface area (Å²) >= 11 is 0. The first-order valence-corrected chi connectivity index (χ1v) is 6.21. The SMILES string of the molecule is COc1cc(C(N)C2(N)CC2)c(OC)c(C)c1C. The van der Waals surface area contributed by atoms with Gasteiger partial charge in [-0.1, -0.05) is 0 Å². The third-order valence-electron chi connectivity index (χ3n) is 4.03. The van der Waals surface area contributed by atoms with Gasteiger partial charge < -0.3 is 20.9 Å². The molecule has 18 heavy (non-hydrogen) atoms. The van der Waals surface area contributed by atoms with E-state index in [1.807, 2.05) is 19.9 Å². The fourth-order valence-corrected chi connectivity index (χ4v) is 2.37. The fourth-order valence-electron chi connectivity index (χ4n) is 2.37. The molecule has 1 atom stereocenters. The molecule has 0 aromatic heterocycles. The van der Waals surface area contributed by atoms with Gasteiger partial charge in [0.15, 0.2) is 0 Å². The lowest BCUT2D eigenvalue weighted by Gasteiger charge is -2.24. The van der Waals surface area contributed by atoms with Crippen molar-refractivity contribution < 1.29 is 9.47 Å². The van der Waals surface area contributed by atoms with Crippen molar-refractivity contribution in [1.29, 1.82) is 0 Å². The molecular formula is C14H22N2O2. The van der Waals surface area contributed by atoms with E-state index in [0.29, 0.717) is 0 Å². The van der Waals surface area contributed by atoms with E-state index in [-0.39, 0.29) is 11.6 Å². The number of nitrogens with two attached hydrogens (primary N) is 2.